The van der Waals surface area contributed by atoms with Crippen LogP contribution in [0.4, 0.5) is 4.79 Å². The third-order valence-electron chi connectivity index (χ3n) is 5.73. The van der Waals surface area contributed by atoms with E-state index in [2.05, 4.69) is 11.4 Å². The molecule has 1 N–H and O–H groups in total. The first-order valence-electron chi connectivity index (χ1n) is 8.58. The smallest absolute Gasteiger partial charge is 0.324 e. The van der Waals surface area contributed by atoms with Crippen molar-refractivity contribution in [2.45, 2.75) is 43.2 Å². The van der Waals surface area contributed by atoms with Crippen LogP contribution in [0.1, 0.15) is 36.8 Å². The van der Waals surface area contributed by atoms with Crippen molar-refractivity contribution in [2.24, 2.45) is 0 Å². The first-order chi connectivity index (χ1) is 12.1. The number of hydrogen-bond acceptors (Lipinski definition) is 5. The molecule has 4 aliphatic rings. The molecule has 0 bridgehead atoms. The van der Waals surface area contributed by atoms with Crippen LogP contribution in [0.5, 0.6) is 11.5 Å². The molecule has 2 saturated carbocycles. The topological polar surface area (TPSA) is 91.7 Å². The van der Waals surface area contributed by atoms with E-state index in [9.17, 15) is 14.9 Å². The summed E-state index contributed by atoms with van der Waals surface area (Å²) in [5.74, 6) is 1.27. The Morgan fingerprint density at radius 1 is 1.32 bits per heavy atom. The summed E-state index contributed by atoms with van der Waals surface area (Å²) in [4.78, 5) is 24.8. The molecule has 2 aliphatic heterocycles. The van der Waals surface area contributed by atoms with Crippen molar-refractivity contribution >= 4 is 11.9 Å². The molecule has 0 aromatic heterocycles. The van der Waals surface area contributed by atoms with Crippen LogP contribution >= 0.6 is 0 Å². The Kier molecular flexibility index (Phi) is 2.85. The SMILES string of the molecule is N#Cc1ccc2c(c1OC1CC(N3C(=O)CNC3=O)C1)C1(CC1)CO2. The molecule has 25 heavy (non-hydrogen) atoms. The highest BCUT2D eigenvalue weighted by Crippen LogP contribution is 2.59. The molecular weight excluding hydrogens is 322 g/mol. The van der Waals surface area contributed by atoms with E-state index in [0.29, 0.717) is 30.8 Å². The van der Waals surface area contributed by atoms with Gasteiger partial charge in [0.1, 0.15) is 23.7 Å². The number of nitrogens with zero attached hydrogens (tertiary/aromatic N) is 2. The van der Waals surface area contributed by atoms with Gasteiger partial charge in [0, 0.05) is 29.9 Å². The maximum absolute atomic E-state index is 11.8. The van der Waals surface area contributed by atoms with Crippen molar-refractivity contribution < 1.29 is 19.1 Å². The van der Waals surface area contributed by atoms with Crippen molar-refractivity contribution in [3.63, 3.8) is 0 Å². The van der Waals surface area contributed by atoms with E-state index in [1.54, 1.807) is 6.07 Å². The molecule has 1 aromatic rings. The fourth-order valence-electron chi connectivity index (χ4n) is 4.05. The fraction of sp³-hybridized carbons (Fsp3) is 0.500. The molecule has 128 valence electrons. The van der Waals surface area contributed by atoms with Crippen LogP contribution in [0.3, 0.4) is 0 Å². The number of carbonyl (C=O) groups excluding carboxylic acids is 2. The Balaban J connectivity index is 1.37. The van der Waals surface area contributed by atoms with Crippen LogP contribution in [0, 0.1) is 11.3 Å². The van der Waals surface area contributed by atoms with Gasteiger partial charge in [-0.1, -0.05) is 0 Å². The number of carbonyl (C=O) groups is 2. The summed E-state index contributed by atoms with van der Waals surface area (Å²) in [5.41, 5.74) is 1.57. The lowest BCUT2D eigenvalue weighted by molar-refractivity contribution is -0.129. The van der Waals surface area contributed by atoms with E-state index in [4.69, 9.17) is 9.47 Å². The van der Waals surface area contributed by atoms with Gasteiger partial charge in [-0.2, -0.15) is 5.26 Å². The summed E-state index contributed by atoms with van der Waals surface area (Å²) in [7, 11) is 0. The molecule has 0 radical (unpaired) electrons. The highest BCUT2D eigenvalue weighted by Gasteiger charge is 2.54. The Morgan fingerprint density at radius 2 is 2.12 bits per heavy atom. The maximum Gasteiger partial charge on any atom is 0.324 e. The minimum absolute atomic E-state index is 0.0193. The van der Waals surface area contributed by atoms with E-state index in [1.807, 2.05) is 6.07 Å². The lowest BCUT2D eigenvalue weighted by Gasteiger charge is -2.39. The Labute approximate surface area is 144 Å². The largest absolute Gasteiger partial charge is 0.492 e. The van der Waals surface area contributed by atoms with Crippen molar-refractivity contribution in [3.8, 4) is 17.6 Å². The predicted octanol–water partition coefficient (Wildman–Crippen LogP) is 1.44. The number of fused-ring (bicyclic) bond motifs is 2. The number of ether oxygens (including phenoxy) is 2. The molecule has 7 nitrogen and oxygen atoms in total. The second kappa shape index (κ2) is 4.88. The molecule has 1 aromatic carbocycles. The number of imide groups is 1. The number of nitriles is 1. The molecule has 5 rings (SSSR count). The van der Waals surface area contributed by atoms with Gasteiger partial charge in [0.25, 0.3) is 0 Å². The van der Waals surface area contributed by atoms with Gasteiger partial charge in [-0.25, -0.2) is 4.79 Å². The zero-order valence-electron chi connectivity index (χ0n) is 13.6. The van der Waals surface area contributed by atoms with Crippen LogP contribution in [0.25, 0.3) is 0 Å². The first kappa shape index (κ1) is 14.6. The zero-order chi connectivity index (χ0) is 17.2. The van der Waals surface area contributed by atoms with Gasteiger partial charge in [-0.3, -0.25) is 9.69 Å². The third-order valence-corrected chi connectivity index (χ3v) is 5.73. The molecular formula is C18H17N3O4. The number of nitrogens with one attached hydrogen (secondary N) is 1. The molecule has 7 heteroatoms. The van der Waals surface area contributed by atoms with Gasteiger partial charge >= 0.3 is 6.03 Å². The summed E-state index contributed by atoms with van der Waals surface area (Å²) in [5, 5.41) is 12.0. The number of hydrogen-bond donors (Lipinski definition) is 1. The number of benzene rings is 1. The van der Waals surface area contributed by atoms with Gasteiger partial charge in [-0.15, -0.1) is 0 Å². The zero-order valence-corrected chi connectivity index (χ0v) is 13.6. The van der Waals surface area contributed by atoms with Gasteiger partial charge in [0.15, 0.2) is 0 Å². The third kappa shape index (κ3) is 2.03. The first-order valence-corrected chi connectivity index (χ1v) is 8.58. The molecule has 2 heterocycles. The minimum Gasteiger partial charge on any atom is -0.492 e. The summed E-state index contributed by atoms with van der Waals surface area (Å²) in [6, 6.07) is 5.37. The summed E-state index contributed by atoms with van der Waals surface area (Å²) < 4.78 is 12.0. The average molecular weight is 339 g/mol. The van der Waals surface area contributed by atoms with Crippen LogP contribution in [-0.2, 0) is 10.2 Å². The quantitative estimate of drug-likeness (QED) is 0.842. The highest BCUT2D eigenvalue weighted by molar-refractivity contribution is 6.02. The van der Waals surface area contributed by atoms with Gasteiger partial charge in [0.2, 0.25) is 5.91 Å². The molecule has 3 amide bonds. The normalized spacial score (nSPS) is 28.0. The van der Waals surface area contributed by atoms with E-state index >= 15 is 0 Å². The summed E-state index contributed by atoms with van der Waals surface area (Å²) in [6.45, 7) is 0.731. The van der Waals surface area contributed by atoms with Crippen molar-refractivity contribution in [1.29, 1.82) is 5.26 Å². The van der Waals surface area contributed by atoms with E-state index in [1.165, 1.54) is 4.90 Å². The lowest BCUT2D eigenvalue weighted by atomic mass is 9.87. The Bertz CT molecular complexity index is 817. The highest BCUT2D eigenvalue weighted by atomic mass is 16.5. The molecule has 1 spiro atoms. The average Bonchev–Trinajstić information content (AvgIpc) is 3.16. The molecule has 0 atom stereocenters. The summed E-state index contributed by atoms with van der Waals surface area (Å²) >= 11 is 0. The van der Waals surface area contributed by atoms with Gasteiger partial charge < -0.3 is 14.8 Å². The molecule has 2 aliphatic carbocycles. The van der Waals surface area contributed by atoms with Crippen molar-refractivity contribution in [3.05, 3.63) is 23.3 Å². The van der Waals surface area contributed by atoms with Gasteiger partial charge in [-0.05, 0) is 25.0 Å². The van der Waals surface area contributed by atoms with Crippen molar-refractivity contribution in [1.82, 2.24) is 10.2 Å². The van der Waals surface area contributed by atoms with Crippen LogP contribution in [0.15, 0.2) is 12.1 Å². The molecule has 0 unspecified atom stereocenters. The fourth-order valence-corrected chi connectivity index (χ4v) is 4.05. The summed E-state index contributed by atoms with van der Waals surface area (Å²) in [6.07, 6.45) is 3.21. The number of rotatable bonds is 3. The standard InChI is InChI=1S/C18H17N3O4/c19-7-10-1-2-13-15(18(3-4-18)9-24-13)16(10)25-12-5-11(6-12)21-14(22)8-20-17(21)23/h1-2,11-12H,3-6,8-9H2,(H,20,23). The van der Waals surface area contributed by atoms with Gasteiger partial charge in [0.05, 0.1) is 18.7 Å². The predicted molar refractivity (Wildman–Crippen MR) is 85.2 cm³/mol. The Morgan fingerprint density at radius 3 is 2.76 bits per heavy atom. The van der Waals surface area contributed by atoms with Crippen LogP contribution in [0.2, 0.25) is 0 Å². The van der Waals surface area contributed by atoms with Crippen LogP contribution < -0.4 is 14.8 Å². The molecule has 3 fully saturated rings. The van der Waals surface area contributed by atoms with E-state index in [0.717, 1.165) is 24.2 Å². The molecule has 1 saturated heterocycles. The van der Waals surface area contributed by atoms with Crippen molar-refractivity contribution in [2.75, 3.05) is 13.2 Å². The maximum atomic E-state index is 11.8. The minimum atomic E-state index is -0.322. The lowest BCUT2D eigenvalue weighted by Crippen LogP contribution is -2.52. The van der Waals surface area contributed by atoms with Crippen LogP contribution in [-0.4, -0.2) is 42.1 Å². The second-order valence-corrected chi connectivity index (χ2v) is 7.28. The Hall–Kier alpha value is -2.75. The van der Waals surface area contributed by atoms with E-state index in [-0.39, 0.29) is 36.0 Å². The second-order valence-electron chi connectivity index (χ2n) is 7.28. The van der Waals surface area contributed by atoms with E-state index < -0.39 is 0 Å². The monoisotopic (exact) mass is 339 g/mol. The number of urea groups is 1. The number of amides is 3.